The molecule has 1 aliphatic carbocycles. The topological polar surface area (TPSA) is 123 Å². The molecule has 3 aromatic rings. The van der Waals surface area contributed by atoms with Gasteiger partial charge in [-0.05, 0) is 76.1 Å². The maximum absolute atomic E-state index is 14.1. The quantitative estimate of drug-likeness (QED) is 0.207. The van der Waals surface area contributed by atoms with Gasteiger partial charge >= 0.3 is 5.97 Å². The fraction of sp³-hybridized carbons (Fsp3) is 0.553. The van der Waals surface area contributed by atoms with Crippen molar-refractivity contribution in [3.05, 3.63) is 63.8 Å². The Kier molecular flexibility index (Phi) is 12.3. The van der Waals surface area contributed by atoms with Crippen molar-refractivity contribution in [3.8, 4) is 0 Å². The van der Waals surface area contributed by atoms with E-state index in [0.29, 0.717) is 80.4 Å². The number of aryl methyl sites for hydroxylation is 1. The van der Waals surface area contributed by atoms with Crippen molar-refractivity contribution >= 4 is 57.6 Å². The summed E-state index contributed by atoms with van der Waals surface area (Å²) < 4.78 is 20.9. The van der Waals surface area contributed by atoms with Crippen LogP contribution in [0.4, 0.5) is 5.69 Å². The van der Waals surface area contributed by atoms with Gasteiger partial charge in [-0.15, -0.1) is 0 Å². The van der Waals surface area contributed by atoms with Crippen molar-refractivity contribution in [3.63, 3.8) is 0 Å². The van der Waals surface area contributed by atoms with Crippen molar-refractivity contribution in [2.45, 2.75) is 89.4 Å². The summed E-state index contributed by atoms with van der Waals surface area (Å²) in [5, 5.41) is 13.9. The van der Waals surface area contributed by atoms with Crippen LogP contribution in [0.2, 0.25) is 10.0 Å². The highest BCUT2D eigenvalue weighted by Gasteiger charge is 2.45. The zero-order chi connectivity index (χ0) is 36.2. The minimum absolute atomic E-state index is 0.0339. The lowest BCUT2D eigenvalue weighted by molar-refractivity contribution is -0.158. The third-order valence-electron chi connectivity index (χ3n) is 10.5. The number of carbonyl (C=O) groups excluding carboxylic acids is 2. The number of aliphatic carboxylic acids is 1. The zero-order valence-corrected chi connectivity index (χ0v) is 31.0. The molecule has 276 valence electrons. The molecule has 3 heterocycles. The molecule has 51 heavy (non-hydrogen) atoms. The maximum Gasteiger partial charge on any atom is 0.306 e. The third-order valence-corrected chi connectivity index (χ3v) is 11.2. The number of benzene rings is 2. The number of halogens is 2. The Morgan fingerprint density at radius 2 is 1.65 bits per heavy atom. The second kappa shape index (κ2) is 16.7. The van der Waals surface area contributed by atoms with Crippen LogP contribution in [0.1, 0.15) is 68.3 Å². The van der Waals surface area contributed by atoms with Crippen molar-refractivity contribution in [1.29, 1.82) is 0 Å². The maximum atomic E-state index is 14.1. The molecule has 0 bridgehead atoms. The molecule has 2 N–H and O–H groups in total. The van der Waals surface area contributed by atoms with Crippen LogP contribution in [0.15, 0.2) is 42.6 Å². The molecule has 3 aliphatic rings. The van der Waals surface area contributed by atoms with E-state index < -0.39 is 12.2 Å². The third kappa shape index (κ3) is 8.40. The average molecular weight is 744 g/mol. The van der Waals surface area contributed by atoms with Gasteiger partial charge in [-0.25, -0.2) is 0 Å². The van der Waals surface area contributed by atoms with E-state index in [2.05, 4.69) is 10.2 Å². The number of nitrogens with zero attached hydrogens (tertiary/aromatic N) is 3. The Balaban J connectivity index is 1.18. The highest BCUT2D eigenvalue weighted by molar-refractivity contribution is 6.36. The number of carboxylic acid groups (broad SMARTS) is 1. The molecule has 2 aromatic carbocycles. The molecule has 0 spiro atoms. The van der Waals surface area contributed by atoms with Gasteiger partial charge in [-0.2, -0.15) is 0 Å². The number of fused-ring (bicyclic) bond motifs is 1. The SMILES string of the molecule is CCO[C@H]1CN(C(O[C@H]2CC[C@H](C(=O)O)CC2)[C@@H]2CCCN2C(=O)Cc2cc(Cl)c(NC(=O)c3cn(C)c4ccccc34)cc2Cl)C[C@H]1OCC. The summed E-state index contributed by atoms with van der Waals surface area (Å²) in [6.07, 6.45) is 5.12. The van der Waals surface area contributed by atoms with E-state index in [-0.39, 0.29) is 53.5 Å². The monoisotopic (exact) mass is 742 g/mol. The van der Waals surface area contributed by atoms with E-state index in [1.165, 1.54) is 0 Å². The Labute approximate surface area is 309 Å². The summed E-state index contributed by atoms with van der Waals surface area (Å²) in [5.41, 5.74) is 2.39. The van der Waals surface area contributed by atoms with Crippen LogP contribution in [0.25, 0.3) is 10.9 Å². The van der Waals surface area contributed by atoms with Gasteiger partial charge in [0.05, 0.1) is 53.0 Å². The molecule has 2 aliphatic heterocycles. The van der Waals surface area contributed by atoms with E-state index in [1.807, 2.05) is 54.6 Å². The molecule has 1 aromatic heterocycles. The first-order chi connectivity index (χ1) is 24.6. The summed E-state index contributed by atoms with van der Waals surface area (Å²) in [5.74, 6) is -1.50. The lowest BCUT2D eigenvalue weighted by Gasteiger charge is -2.40. The van der Waals surface area contributed by atoms with E-state index in [0.717, 1.165) is 23.7 Å². The van der Waals surface area contributed by atoms with Crippen molar-refractivity contribution in [1.82, 2.24) is 14.4 Å². The first-order valence-electron chi connectivity index (χ1n) is 18.1. The number of hydrogen-bond acceptors (Lipinski definition) is 7. The number of likely N-dealkylation sites (tertiary alicyclic amines) is 2. The second-order valence-corrected chi connectivity index (χ2v) is 14.6. The summed E-state index contributed by atoms with van der Waals surface area (Å²) in [4.78, 5) is 43.2. The molecule has 1 unspecified atom stereocenters. The van der Waals surface area contributed by atoms with Crippen molar-refractivity contribution < 1.29 is 33.7 Å². The molecule has 0 radical (unpaired) electrons. The zero-order valence-electron chi connectivity index (χ0n) is 29.5. The van der Waals surface area contributed by atoms with Crippen LogP contribution in [-0.2, 0) is 37.3 Å². The number of aromatic nitrogens is 1. The lowest BCUT2D eigenvalue weighted by Crippen LogP contribution is -2.53. The number of ether oxygens (including phenoxy) is 3. The van der Waals surface area contributed by atoms with Gasteiger partial charge in [0.1, 0.15) is 6.23 Å². The number of anilines is 1. The molecular formula is C38H48Cl2N4O7. The number of para-hydroxylation sites is 1. The lowest BCUT2D eigenvalue weighted by atomic mass is 9.87. The van der Waals surface area contributed by atoms with Crippen LogP contribution in [0.3, 0.4) is 0 Å². The summed E-state index contributed by atoms with van der Waals surface area (Å²) in [7, 11) is 1.89. The van der Waals surface area contributed by atoms with Gasteiger partial charge in [-0.1, -0.05) is 41.4 Å². The average Bonchev–Trinajstić information content (AvgIpc) is 3.84. The van der Waals surface area contributed by atoms with Crippen molar-refractivity contribution in [2.24, 2.45) is 13.0 Å². The van der Waals surface area contributed by atoms with E-state index in [9.17, 15) is 19.5 Å². The molecule has 2 amide bonds. The van der Waals surface area contributed by atoms with Gasteiger partial charge < -0.3 is 34.1 Å². The van der Waals surface area contributed by atoms with Crippen LogP contribution >= 0.6 is 23.2 Å². The standard InChI is InChI=1S/C38H48Cl2N4O7/c1-4-49-33-21-43(22-34(33)50-5-2)37(51-25-14-12-23(13-15-25)38(47)48)32-11-8-16-44(32)35(45)18-24-17-29(40)30(19-28(24)39)41-36(46)27-20-42(3)31-10-7-6-9-26(27)31/h6-7,9-10,17,19-20,23,25,32-34,37H,4-5,8,11-16,18,21-22H2,1-3H3,(H,41,46)(H,47,48)/t23-,25-,32-,33-,34+,37?/m0/s1. The first kappa shape index (κ1) is 37.6. The smallest absolute Gasteiger partial charge is 0.306 e. The fourth-order valence-corrected chi connectivity index (χ4v) is 8.45. The first-order valence-corrected chi connectivity index (χ1v) is 18.8. The number of nitrogens with one attached hydrogen (secondary N) is 1. The van der Waals surface area contributed by atoms with E-state index in [1.54, 1.807) is 18.3 Å². The Bertz CT molecular complexity index is 1710. The normalized spacial score (nSPS) is 24.6. The van der Waals surface area contributed by atoms with Crippen LogP contribution < -0.4 is 5.32 Å². The largest absolute Gasteiger partial charge is 0.481 e. The predicted molar refractivity (Wildman–Crippen MR) is 196 cm³/mol. The number of carboxylic acids is 1. The van der Waals surface area contributed by atoms with Crippen LogP contribution in [-0.4, -0.2) is 101 Å². The summed E-state index contributed by atoms with van der Waals surface area (Å²) in [6.45, 7) is 6.88. The highest BCUT2D eigenvalue weighted by Crippen LogP contribution is 2.35. The van der Waals surface area contributed by atoms with Gasteiger partial charge in [0, 0.05) is 62.0 Å². The molecule has 6 rings (SSSR count). The minimum atomic E-state index is -0.754. The number of hydrogen-bond donors (Lipinski definition) is 2. The minimum Gasteiger partial charge on any atom is -0.481 e. The van der Waals surface area contributed by atoms with Crippen LogP contribution in [0.5, 0.6) is 0 Å². The second-order valence-electron chi connectivity index (χ2n) is 13.8. The van der Waals surface area contributed by atoms with Gasteiger partial charge in [-0.3, -0.25) is 19.3 Å². The van der Waals surface area contributed by atoms with E-state index in [4.69, 9.17) is 37.4 Å². The number of amides is 2. The molecule has 4 atom stereocenters. The Morgan fingerprint density at radius 3 is 2.31 bits per heavy atom. The number of carbonyl (C=O) groups is 3. The van der Waals surface area contributed by atoms with E-state index >= 15 is 0 Å². The Morgan fingerprint density at radius 1 is 0.961 bits per heavy atom. The molecule has 13 heteroatoms. The summed E-state index contributed by atoms with van der Waals surface area (Å²) >= 11 is 13.4. The highest BCUT2D eigenvalue weighted by atomic mass is 35.5. The van der Waals surface area contributed by atoms with Gasteiger partial charge in [0.25, 0.3) is 5.91 Å². The molecule has 3 fully saturated rings. The molecule has 2 saturated heterocycles. The predicted octanol–water partition coefficient (Wildman–Crippen LogP) is 6.38. The van der Waals surface area contributed by atoms with Crippen LogP contribution in [0, 0.1) is 5.92 Å². The van der Waals surface area contributed by atoms with Crippen molar-refractivity contribution in [2.75, 3.05) is 38.2 Å². The fourth-order valence-electron chi connectivity index (χ4n) is 7.99. The van der Waals surface area contributed by atoms with Gasteiger partial charge in [0.2, 0.25) is 5.91 Å². The van der Waals surface area contributed by atoms with Gasteiger partial charge in [0.15, 0.2) is 0 Å². The molecule has 1 saturated carbocycles. The Hall–Kier alpha value is -3.19. The summed E-state index contributed by atoms with van der Waals surface area (Å²) in [6, 6.07) is 10.7. The molecule has 11 nitrogen and oxygen atoms in total. The molecular weight excluding hydrogens is 695 g/mol. The number of rotatable bonds is 13.